The van der Waals surface area contributed by atoms with Gasteiger partial charge in [-0.15, -0.1) is 0 Å². The van der Waals surface area contributed by atoms with Crippen LogP contribution in [-0.4, -0.2) is 22.7 Å². The Morgan fingerprint density at radius 3 is 2.76 bits per heavy atom. The van der Waals surface area contributed by atoms with Gasteiger partial charge >= 0.3 is 0 Å². The number of nitrogens with zero attached hydrogens (tertiary/aromatic N) is 1. The molecule has 1 saturated carbocycles. The second kappa shape index (κ2) is 7.73. The molecule has 0 atom stereocenters. The van der Waals surface area contributed by atoms with Crippen molar-refractivity contribution >= 4 is 17.7 Å². The Balaban J connectivity index is 1.97. The number of rotatable bonds is 5. The smallest absolute Gasteiger partial charge is 0.290 e. The molecule has 1 aromatic heterocycles. The molecule has 0 bridgehead atoms. The van der Waals surface area contributed by atoms with Crippen molar-refractivity contribution in [1.82, 2.24) is 10.3 Å². The highest BCUT2D eigenvalue weighted by Crippen LogP contribution is 2.28. The number of aromatic nitrogens is 1. The first-order chi connectivity index (χ1) is 10.1. The Kier molecular flexibility index (Phi) is 5.96. The van der Waals surface area contributed by atoms with Crippen LogP contribution >= 0.6 is 11.8 Å². The van der Waals surface area contributed by atoms with Gasteiger partial charge in [-0.05, 0) is 55.5 Å². The lowest BCUT2D eigenvalue weighted by Crippen LogP contribution is -2.37. The monoisotopic (exact) mass is 314 g/mol. The Morgan fingerprint density at radius 2 is 2.14 bits per heavy atom. The number of amides is 1. The van der Waals surface area contributed by atoms with Crippen LogP contribution in [-0.2, 0) is 0 Å². The minimum Gasteiger partial charge on any atom is -0.349 e. The molecule has 0 aliphatic heterocycles. The zero-order valence-corrected chi connectivity index (χ0v) is 12.8. The molecule has 1 aliphatic carbocycles. The van der Waals surface area contributed by atoms with Crippen molar-refractivity contribution in [2.24, 2.45) is 5.92 Å². The zero-order valence-electron chi connectivity index (χ0n) is 12.0. The lowest BCUT2D eigenvalue weighted by atomic mass is 9.84. The topological polar surface area (TPSA) is 42.0 Å². The molecule has 3 nitrogen and oxygen atoms in total. The first-order valence-corrected chi connectivity index (χ1v) is 8.18. The number of pyridine rings is 1. The third-order valence-corrected chi connectivity index (χ3v) is 4.70. The molecule has 1 heterocycles. The number of hydrogen-bond donors (Lipinski definition) is 1. The zero-order chi connectivity index (χ0) is 15.2. The highest BCUT2D eigenvalue weighted by molar-refractivity contribution is 7.99. The summed E-state index contributed by atoms with van der Waals surface area (Å²) in [6, 6.07) is 3.29. The third kappa shape index (κ3) is 4.66. The van der Waals surface area contributed by atoms with Crippen molar-refractivity contribution in [3.05, 3.63) is 23.9 Å². The van der Waals surface area contributed by atoms with Crippen LogP contribution in [0.4, 0.5) is 8.78 Å². The van der Waals surface area contributed by atoms with Crippen LogP contribution < -0.4 is 5.32 Å². The molecular weight excluding hydrogens is 294 g/mol. The van der Waals surface area contributed by atoms with Gasteiger partial charge in [0.15, 0.2) is 0 Å². The Morgan fingerprint density at radius 1 is 1.43 bits per heavy atom. The minimum atomic E-state index is -2.58. The van der Waals surface area contributed by atoms with E-state index in [1.165, 1.54) is 12.6 Å². The summed E-state index contributed by atoms with van der Waals surface area (Å²) in [6.07, 6.45) is 6.76. The van der Waals surface area contributed by atoms with Crippen molar-refractivity contribution in [2.75, 3.05) is 0 Å². The van der Waals surface area contributed by atoms with E-state index in [2.05, 4.69) is 17.2 Å². The molecule has 0 aromatic carbocycles. The van der Waals surface area contributed by atoms with E-state index in [9.17, 15) is 13.6 Å². The molecule has 0 saturated heterocycles. The number of halogens is 2. The van der Waals surface area contributed by atoms with E-state index in [1.807, 2.05) is 0 Å². The normalized spacial score (nSPS) is 22.3. The van der Waals surface area contributed by atoms with Gasteiger partial charge in [0, 0.05) is 12.2 Å². The predicted molar refractivity (Wildman–Crippen MR) is 79.6 cm³/mol. The fourth-order valence-electron chi connectivity index (χ4n) is 2.72. The highest BCUT2D eigenvalue weighted by Gasteiger charge is 2.23. The van der Waals surface area contributed by atoms with Crippen LogP contribution in [0, 0.1) is 5.92 Å². The fourth-order valence-corrected chi connectivity index (χ4v) is 3.30. The molecule has 1 aliphatic rings. The molecule has 0 spiro atoms. The SMILES string of the molecule is CCC1CCC(NC(=O)c2cccnc2SC(F)F)CC1. The molecular formula is C15H20F2N2OS. The third-order valence-electron chi connectivity index (χ3n) is 3.98. The molecule has 6 heteroatoms. The summed E-state index contributed by atoms with van der Waals surface area (Å²) in [6.45, 7) is 2.19. The van der Waals surface area contributed by atoms with Crippen molar-refractivity contribution in [2.45, 2.75) is 55.9 Å². The van der Waals surface area contributed by atoms with Gasteiger partial charge in [-0.1, -0.05) is 13.3 Å². The van der Waals surface area contributed by atoms with Gasteiger partial charge in [0.05, 0.1) is 5.56 Å². The number of nitrogens with one attached hydrogen (secondary N) is 1. The van der Waals surface area contributed by atoms with Gasteiger partial charge in [-0.2, -0.15) is 8.78 Å². The fraction of sp³-hybridized carbons (Fsp3) is 0.600. The van der Waals surface area contributed by atoms with Gasteiger partial charge in [-0.25, -0.2) is 4.98 Å². The molecule has 116 valence electrons. The Labute approximate surface area is 127 Å². The standard InChI is InChI=1S/C15H20F2N2OS/c1-2-10-5-7-11(8-6-10)19-13(20)12-4-3-9-18-14(12)21-15(16)17/h3-4,9-11,15H,2,5-8H2,1H3,(H,19,20). The summed E-state index contributed by atoms with van der Waals surface area (Å²) in [4.78, 5) is 16.1. The molecule has 0 unspecified atom stereocenters. The van der Waals surface area contributed by atoms with Crippen LogP contribution in [0.5, 0.6) is 0 Å². The van der Waals surface area contributed by atoms with Gasteiger partial charge in [0.1, 0.15) is 5.03 Å². The first kappa shape index (κ1) is 16.2. The lowest BCUT2D eigenvalue weighted by molar-refractivity contribution is 0.0918. The van der Waals surface area contributed by atoms with Crippen LogP contribution in [0.25, 0.3) is 0 Å². The van der Waals surface area contributed by atoms with Crippen LogP contribution in [0.15, 0.2) is 23.4 Å². The van der Waals surface area contributed by atoms with E-state index in [-0.39, 0.29) is 22.5 Å². The van der Waals surface area contributed by atoms with Crippen LogP contribution in [0.1, 0.15) is 49.4 Å². The highest BCUT2D eigenvalue weighted by atomic mass is 32.2. The molecule has 1 fully saturated rings. The molecule has 0 radical (unpaired) electrons. The number of hydrogen-bond acceptors (Lipinski definition) is 3. The van der Waals surface area contributed by atoms with Gasteiger partial charge < -0.3 is 5.32 Å². The number of carbonyl (C=O) groups is 1. The van der Waals surface area contributed by atoms with Crippen molar-refractivity contribution < 1.29 is 13.6 Å². The van der Waals surface area contributed by atoms with Crippen molar-refractivity contribution in [3.8, 4) is 0 Å². The summed E-state index contributed by atoms with van der Waals surface area (Å²) in [7, 11) is 0. The Bertz CT molecular complexity index is 476. The molecule has 1 aromatic rings. The maximum absolute atomic E-state index is 12.5. The summed E-state index contributed by atoms with van der Waals surface area (Å²) in [5.74, 6) is -2.13. The van der Waals surface area contributed by atoms with Crippen LogP contribution in [0.2, 0.25) is 0 Å². The lowest BCUT2D eigenvalue weighted by Gasteiger charge is -2.28. The van der Waals surface area contributed by atoms with Gasteiger partial charge in [0.2, 0.25) is 0 Å². The second-order valence-corrected chi connectivity index (χ2v) is 6.31. The number of alkyl halides is 2. The van der Waals surface area contributed by atoms with Gasteiger partial charge in [0.25, 0.3) is 11.7 Å². The molecule has 1 amide bonds. The van der Waals surface area contributed by atoms with E-state index in [1.54, 1.807) is 12.1 Å². The minimum absolute atomic E-state index is 0.0900. The maximum Gasteiger partial charge on any atom is 0.290 e. The number of carbonyl (C=O) groups excluding carboxylic acids is 1. The van der Waals surface area contributed by atoms with Crippen molar-refractivity contribution in [1.29, 1.82) is 0 Å². The first-order valence-electron chi connectivity index (χ1n) is 7.30. The predicted octanol–water partition coefficient (Wildman–Crippen LogP) is 4.09. The Hall–Kier alpha value is -1.17. The number of thioether (sulfide) groups is 1. The van der Waals surface area contributed by atoms with Crippen molar-refractivity contribution in [3.63, 3.8) is 0 Å². The van der Waals surface area contributed by atoms with E-state index >= 15 is 0 Å². The summed E-state index contributed by atoms with van der Waals surface area (Å²) in [5.41, 5.74) is 0.236. The quantitative estimate of drug-likeness (QED) is 0.832. The van der Waals surface area contributed by atoms with E-state index in [4.69, 9.17) is 0 Å². The molecule has 2 rings (SSSR count). The average molecular weight is 314 g/mol. The summed E-state index contributed by atoms with van der Waals surface area (Å²) < 4.78 is 25.0. The average Bonchev–Trinajstić information content (AvgIpc) is 2.48. The molecule has 21 heavy (non-hydrogen) atoms. The van der Waals surface area contributed by atoms with E-state index in [0.29, 0.717) is 11.8 Å². The largest absolute Gasteiger partial charge is 0.349 e. The molecule has 1 N–H and O–H groups in total. The van der Waals surface area contributed by atoms with Crippen LogP contribution in [0.3, 0.4) is 0 Å². The van der Waals surface area contributed by atoms with E-state index in [0.717, 1.165) is 31.6 Å². The second-order valence-electron chi connectivity index (χ2n) is 5.33. The van der Waals surface area contributed by atoms with Gasteiger partial charge in [-0.3, -0.25) is 4.79 Å². The van der Waals surface area contributed by atoms with E-state index < -0.39 is 5.76 Å². The maximum atomic E-state index is 12.5. The summed E-state index contributed by atoms with van der Waals surface area (Å²) in [5, 5.41) is 3.05. The summed E-state index contributed by atoms with van der Waals surface area (Å²) >= 11 is 0.314.